The summed E-state index contributed by atoms with van der Waals surface area (Å²) in [5.41, 5.74) is 3.17. The molecule has 1 aromatic heterocycles. The summed E-state index contributed by atoms with van der Waals surface area (Å²) >= 11 is 0. The molecule has 3 aromatic rings. The van der Waals surface area contributed by atoms with Crippen molar-refractivity contribution in [3.63, 3.8) is 0 Å². The molecule has 0 saturated heterocycles. The standard InChI is InChI=1S/C18H16N2O3S/c1-19-8-7-12-3-5-14(9-17(12)19)20-11-13-4-6-15(24(2,22)23)10-16(13)18(20)21/h3-10H,11H2,1-2H3. The lowest BCUT2D eigenvalue weighted by molar-refractivity contribution is 0.0996. The van der Waals surface area contributed by atoms with Gasteiger partial charge in [-0.2, -0.15) is 0 Å². The summed E-state index contributed by atoms with van der Waals surface area (Å²) in [6.07, 6.45) is 3.13. The van der Waals surface area contributed by atoms with Gasteiger partial charge in [-0.15, -0.1) is 0 Å². The van der Waals surface area contributed by atoms with Crippen LogP contribution in [0.25, 0.3) is 10.9 Å². The Morgan fingerprint density at radius 1 is 1.04 bits per heavy atom. The Balaban J connectivity index is 1.78. The van der Waals surface area contributed by atoms with Gasteiger partial charge in [0.15, 0.2) is 9.84 Å². The molecule has 2 heterocycles. The van der Waals surface area contributed by atoms with Crippen LogP contribution in [0.3, 0.4) is 0 Å². The summed E-state index contributed by atoms with van der Waals surface area (Å²) in [5, 5.41) is 1.12. The number of nitrogens with zero attached hydrogens (tertiary/aromatic N) is 2. The number of amides is 1. The van der Waals surface area contributed by atoms with E-state index in [9.17, 15) is 13.2 Å². The Bertz CT molecular complexity index is 1100. The van der Waals surface area contributed by atoms with Crippen molar-refractivity contribution in [2.45, 2.75) is 11.4 Å². The third-order valence-electron chi connectivity index (χ3n) is 4.50. The van der Waals surface area contributed by atoms with Gasteiger partial charge in [0.05, 0.1) is 11.4 Å². The summed E-state index contributed by atoms with van der Waals surface area (Å²) in [7, 11) is -1.37. The molecule has 0 saturated carbocycles. The summed E-state index contributed by atoms with van der Waals surface area (Å²) in [4.78, 5) is 14.6. The van der Waals surface area contributed by atoms with Crippen LogP contribution in [-0.4, -0.2) is 25.1 Å². The first kappa shape index (κ1) is 15.0. The largest absolute Gasteiger partial charge is 0.350 e. The third kappa shape index (κ3) is 2.22. The Labute approximate surface area is 140 Å². The minimum Gasteiger partial charge on any atom is -0.350 e. The maximum absolute atomic E-state index is 12.8. The van der Waals surface area contributed by atoms with Crippen molar-refractivity contribution < 1.29 is 13.2 Å². The van der Waals surface area contributed by atoms with E-state index in [0.717, 1.165) is 28.4 Å². The molecule has 0 spiro atoms. The third-order valence-corrected chi connectivity index (χ3v) is 5.61. The predicted octanol–water partition coefficient (Wildman–Crippen LogP) is 2.74. The van der Waals surface area contributed by atoms with E-state index >= 15 is 0 Å². The van der Waals surface area contributed by atoms with Crippen molar-refractivity contribution in [1.82, 2.24) is 4.57 Å². The number of rotatable bonds is 2. The molecule has 0 radical (unpaired) electrons. The molecular weight excluding hydrogens is 324 g/mol. The summed E-state index contributed by atoms with van der Waals surface area (Å²) in [6.45, 7) is 0.453. The minimum absolute atomic E-state index is 0.163. The zero-order valence-corrected chi connectivity index (χ0v) is 14.2. The average molecular weight is 340 g/mol. The zero-order chi connectivity index (χ0) is 17.1. The van der Waals surface area contributed by atoms with E-state index in [1.165, 1.54) is 6.07 Å². The van der Waals surface area contributed by atoms with Gasteiger partial charge in [0, 0.05) is 36.3 Å². The van der Waals surface area contributed by atoms with Crippen LogP contribution in [0.2, 0.25) is 0 Å². The first-order valence-electron chi connectivity index (χ1n) is 7.54. The molecule has 6 heteroatoms. The molecule has 1 aliphatic rings. The molecule has 1 aliphatic heterocycles. The van der Waals surface area contributed by atoms with E-state index in [0.29, 0.717) is 12.1 Å². The van der Waals surface area contributed by atoms with Gasteiger partial charge in [-0.25, -0.2) is 8.42 Å². The number of aryl methyl sites for hydroxylation is 1. The molecule has 24 heavy (non-hydrogen) atoms. The van der Waals surface area contributed by atoms with E-state index < -0.39 is 9.84 Å². The van der Waals surface area contributed by atoms with E-state index in [1.807, 2.05) is 42.1 Å². The maximum atomic E-state index is 12.8. The Hall–Kier alpha value is -2.60. The molecule has 0 fully saturated rings. The van der Waals surface area contributed by atoms with Crippen LogP contribution in [0.1, 0.15) is 15.9 Å². The van der Waals surface area contributed by atoms with Crippen molar-refractivity contribution in [3.8, 4) is 0 Å². The van der Waals surface area contributed by atoms with Gasteiger partial charge in [-0.05, 0) is 41.3 Å². The van der Waals surface area contributed by atoms with Crippen molar-refractivity contribution in [3.05, 3.63) is 59.8 Å². The normalized spacial score (nSPS) is 14.4. The van der Waals surface area contributed by atoms with E-state index in [1.54, 1.807) is 17.0 Å². The molecular formula is C18H16N2O3S. The van der Waals surface area contributed by atoms with Crippen molar-refractivity contribution in [1.29, 1.82) is 0 Å². The molecule has 2 aromatic carbocycles. The van der Waals surface area contributed by atoms with Crippen molar-refractivity contribution in [2.24, 2.45) is 7.05 Å². The van der Waals surface area contributed by atoms with Crippen molar-refractivity contribution in [2.75, 3.05) is 11.2 Å². The highest BCUT2D eigenvalue weighted by Crippen LogP contribution is 2.31. The number of hydrogen-bond acceptors (Lipinski definition) is 3. The monoisotopic (exact) mass is 340 g/mol. The van der Waals surface area contributed by atoms with Gasteiger partial charge < -0.3 is 9.47 Å². The number of fused-ring (bicyclic) bond motifs is 2. The summed E-state index contributed by atoms with van der Waals surface area (Å²) < 4.78 is 25.4. The molecule has 0 bridgehead atoms. The fourth-order valence-corrected chi connectivity index (χ4v) is 3.79. The Kier molecular flexibility index (Phi) is 3.08. The van der Waals surface area contributed by atoms with Crippen LogP contribution < -0.4 is 4.90 Å². The lowest BCUT2D eigenvalue weighted by Gasteiger charge is -2.16. The SMILES string of the molecule is Cn1ccc2ccc(N3Cc4ccc(S(C)(=O)=O)cc4C3=O)cc21. The van der Waals surface area contributed by atoms with Crippen LogP contribution >= 0.6 is 0 Å². The second-order valence-electron chi connectivity index (χ2n) is 6.15. The first-order valence-corrected chi connectivity index (χ1v) is 9.44. The summed E-state index contributed by atoms with van der Waals surface area (Å²) in [6, 6.07) is 12.7. The van der Waals surface area contributed by atoms with Crippen LogP contribution in [0.5, 0.6) is 0 Å². The number of hydrogen-bond donors (Lipinski definition) is 0. The highest BCUT2D eigenvalue weighted by Gasteiger charge is 2.29. The number of anilines is 1. The Morgan fingerprint density at radius 2 is 1.83 bits per heavy atom. The molecule has 0 unspecified atom stereocenters. The highest BCUT2D eigenvalue weighted by molar-refractivity contribution is 7.90. The van der Waals surface area contributed by atoms with Crippen molar-refractivity contribution >= 4 is 32.3 Å². The fraction of sp³-hybridized carbons (Fsp3) is 0.167. The molecule has 122 valence electrons. The van der Waals surface area contributed by atoms with Gasteiger partial charge in [-0.3, -0.25) is 4.79 Å². The van der Waals surface area contributed by atoms with Crippen LogP contribution in [0.4, 0.5) is 5.69 Å². The Morgan fingerprint density at radius 3 is 2.58 bits per heavy atom. The first-order chi connectivity index (χ1) is 11.3. The summed E-state index contributed by atoms with van der Waals surface area (Å²) in [5.74, 6) is -0.163. The quantitative estimate of drug-likeness (QED) is 0.721. The highest BCUT2D eigenvalue weighted by atomic mass is 32.2. The van der Waals surface area contributed by atoms with Crippen LogP contribution in [0, 0.1) is 0 Å². The molecule has 0 atom stereocenters. The number of benzene rings is 2. The second kappa shape index (κ2) is 4.95. The zero-order valence-electron chi connectivity index (χ0n) is 13.4. The lowest BCUT2D eigenvalue weighted by Crippen LogP contribution is -2.23. The smallest absolute Gasteiger partial charge is 0.258 e. The molecule has 0 N–H and O–H groups in total. The topological polar surface area (TPSA) is 59.4 Å². The lowest BCUT2D eigenvalue weighted by atomic mass is 10.1. The van der Waals surface area contributed by atoms with Gasteiger partial charge in [0.1, 0.15) is 0 Å². The maximum Gasteiger partial charge on any atom is 0.258 e. The van der Waals surface area contributed by atoms with Gasteiger partial charge in [0.2, 0.25) is 0 Å². The molecule has 5 nitrogen and oxygen atoms in total. The van der Waals surface area contributed by atoms with E-state index in [2.05, 4.69) is 0 Å². The van der Waals surface area contributed by atoms with Crippen LogP contribution in [0.15, 0.2) is 53.6 Å². The van der Waals surface area contributed by atoms with E-state index in [4.69, 9.17) is 0 Å². The number of carbonyl (C=O) groups excluding carboxylic acids is 1. The number of aromatic nitrogens is 1. The number of carbonyl (C=O) groups is 1. The predicted molar refractivity (Wildman–Crippen MR) is 93.0 cm³/mol. The van der Waals surface area contributed by atoms with Gasteiger partial charge >= 0.3 is 0 Å². The minimum atomic E-state index is -3.33. The van der Waals surface area contributed by atoms with E-state index in [-0.39, 0.29) is 10.8 Å². The average Bonchev–Trinajstić information content (AvgIpc) is 3.07. The molecule has 4 rings (SSSR count). The second-order valence-corrected chi connectivity index (χ2v) is 8.17. The van der Waals surface area contributed by atoms with Gasteiger partial charge in [0.25, 0.3) is 5.91 Å². The van der Waals surface area contributed by atoms with Crippen LogP contribution in [-0.2, 0) is 23.4 Å². The number of sulfone groups is 1. The molecule has 0 aliphatic carbocycles. The van der Waals surface area contributed by atoms with Gasteiger partial charge in [-0.1, -0.05) is 12.1 Å². The molecule has 1 amide bonds. The fourth-order valence-electron chi connectivity index (χ4n) is 3.14.